The Balaban J connectivity index is 1.65. The third-order valence-corrected chi connectivity index (χ3v) is 3.28. The molecular formula is C16H23NO. The molecule has 0 unspecified atom stereocenters. The second-order valence-electron chi connectivity index (χ2n) is 4.84. The molecule has 0 saturated heterocycles. The number of rotatable bonds is 9. The smallest absolute Gasteiger partial charge is 0.0591 e. The van der Waals surface area contributed by atoms with Gasteiger partial charge in [0.15, 0.2) is 0 Å². The monoisotopic (exact) mass is 245 g/mol. The minimum absolute atomic E-state index is 0.777. The van der Waals surface area contributed by atoms with Gasteiger partial charge >= 0.3 is 0 Å². The minimum Gasteiger partial charge on any atom is -0.380 e. The van der Waals surface area contributed by atoms with Crippen LogP contribution in [0.5, 0.6) is 0 Å². The van der Waals surface area contributed by atoms with Gasteiger partial charge in [-0.05, 0) is 36.3 Å². The molecule has 1 N–H and O–H groups in total. The van der Waals surface area contributed by atoms with Gasteiger partial charge in [0.1, 0.15) is 0 Å². The highest BCUT2D eigenvalue weighted by molar-refractivity contribution is 5.33. The van der Waals surface area contributed by atoms with Crippen LogP contribution in [0.25, 0.3) is 0 Å². The van der Waals surface area contributed by atoms with E-state index in [-0.39, 0.29) is 0 Å². The Morgan fingerprint density at radius 3 is 2.89 bits per heavy atom. The first-order valence-electron chi connectivity index (χ1n) is 6.89. The number of benzene rings is 1. The predicted octanol–water partition coefficient (Wildman–Crippen LogP) is 3.25. The Morgan fingerprint density at radius 2 is 2.11 bits per heavy atom. The number of nitrogens with one attached hydrogen (secondary N) is 1. The van der Waals surface area contributed by atoms with Crippen molar-refractivity contribution in [1.82, 2.24) is 5.32 Å². The van der Waals surface area contributed by atoms with E-state index in [9.17, 15) is 0 Å². The van der Waals surface area contributed by atoms with E-state index >= 15 is 0 Å². The quantitative estimate of drug-likeness (QED) is 0.532. The molecule has 0 spiro atoms. The average Bonchev–Trinajstić information content (AvgIpc) is 3.22. The zero-order valence-corrected chi connectivity index (χ0v) is 11.0. The van der Waals surface area contributed by atoms with Crippen LogP contribution in [0.2, 0.25) is 0 Å². The van der Waals surface area contributed by atoms with Crippen LogP contribution >= 0.6 is 0 Å². The molecule has 0 aliphatic heterocycles. The molecule has 0 aromatic heterocycles. The van der Waals surface area contributed by atoms with Crippen molar-refractivity contribution in [2.45, 2.75) is 31.7 Å². The van der Waals surface area contributed by atoms with Crippen molar-refractivity contribution in [2.24, 2.45) is 0 Å². The van der Waals surface area contributed by atoms with E-state index in [1.54, 1.807) is 0 Å². The molecule has 98 valence electrons. The van der Waals surface area contributed by atoms with Crippen molar-refractivity contribution in [3.63, 3.8) is 0 Å². The third kappa shape index (κ3) is 4.28. The molecule has 2 nitrogen and oxygen atoms in total. The average molecular weight is 245 g/mol. The van der Waals surface area contributed by atoms with Crippen LogP contribution < -0.4 is 5.32 Å². The maximum absolute atomic E-state index is 5.47. The Morgan fingerprint density at radius 1 is 1.28 bits per heavy atom. The highest BCUT2D eigenvalue weighted by Gasteiger charge is 2.25. The topological polar surface area (TPSA) is 21.3 Å². The van der Waals surface area contributed by atoms with Crippen molar-refractivity contribution >= 4 is 0 Å². The summed E-state index contributed by atoms with van der Waals surface area (Å²) in [7, 11) is 0. The Labute approximate surface area is 110 Å². The van der Waals surface area contributed by atoms with Gasteiger partial charge in [-0.1, -0.05) is 30.3 Å². The molecule has 1 saturated carbocycles. The molecule has 0 atom stereocenters. The van der Waals surface area contributed by atoms with Crippen LogP contribution in [0.3, 0.4) is 0 Å². The van der Waals surface area contributed by atoms with Gasteiger partial charge in [0.2, 0.25) is 0 Å². The van der Waals surface area contributed by atoms with Crippen LogP contribution in [-0.2, 0) is 11.3 Å². The maximum Gasteiger partial charge on any atom is 0.0591 e. The number of ether oxygens (including phenoxy) is 1. The molecule has 0 heterocycles. The molecule has 1 aromatic carbocycles. The fraction of sp³-hybridized carbons (Fsp3) is 0.500. The molecule has 1 aromatic rings. The molecule has 2 heteroatoms. The zero-order chi connectivity index (χ0) is 12.6. The van der Waals surface area contributed by atoms with E-state index < -0.39 is 0 Å². The second kappa shape index (κ2) is 7.34. The minimum atomic E-state index is 0.777. The van der Waals surface area contributed by atoms with Crippen molar-refractivity contribution in [2.75, 3.05) is 19.8 Å². The molecular weight excluding hydrogens is 222 g/mol. The molecule has 18 heavy (non-hydrogen) atoms. The first-order valence-corrected chi connectivity index (χ1v) is 6.89. The summed E-state index contributed by atoms with van der Waals surface area (Å²) < 4.78 is 5.47. The van der Waals surface area contributed by atoms with Crippen molar-refractivity contribution in [3.8, 4) is 0 Å². The first-order chi connectivity index (χ1) is 8.92. The van der Waals surface area contributed by atoms with Gasteiger partial charge in [0, 0.05) is 13.1 Å². The van der Waals surface area contributed by atoms with Crippen LogP contribution in [0, 0.1) is 0 Å². The van der Waals surface area contributed by atoms with Gasteiger partial charge in [-0.25, -0.2) is 0 Å². The maximum atomic E-state index is 5.47. The van der Waals surface area contributed by atoms with E-state index in [0.29, 0.717) is 0 Å². The summed E-state index contributed by atoms with van der Waals surface area (Å²) in [6.45, 7) is 7.10. The summed E-state index contributed by atoms with van der Waals surface area (Å²) >= 11 is 0. The van der Waals surface area contributed by atoms with Crippen LogP contribution in [-0.4, -0.2) is 19.8 Å². The van der Waals surface area contributed by atoms with Gasteiger partial charge in [0.25, 0.3) is 0 Å². The summed E-state index contributed by atoms with van der Waals surface area (Å²) in [5, 5.41) is 3.45. The molecule has 1 fully saturated rings. The zero-order valence-electron chi connectivity index (χ0n) is 11.0. The first kappa shape index (κ1) is 13.3. The lowest BCUT2D eigenvalue weighted by Gasteiger charge is -2.10. The van der Waals surface area contributed by atoms with Crippen LogP contribution in [0.15, 0.2) is 36.9 Å². The van der Waals surface area contributed by atoms with E-state index in [1.807, 2.05) is 6.08 Å². The van der Waals surface area contributed by atoms with Crippen molar-refractivity contribution < 1.29 is 4.74 Å². The lowest BCUT2D eigenvalue weighted by molar-refractivity contribution is 0.140. The SMILES string of the molecule is C=CCCOCCNCc1ccccc1C1CC1. The van der Waals surface area contributed by atoms with E-state index in [0.717, 1.165) is 38.6 Å². The highest BCUT2D eigenvalue weighted by atomic mass is 16.5. The van der Waals surface area contributed by atoms with E-state index in [1.165, 1.54) is 24.0 Å². The predicted molar refractivity (Wildman–Crippen MR) is 75.8 cm³/mol. The standard InChI is InChI=1S/C16H23NO/c1-2-3-11-18-12-10-17-13-15-6-4-5-7-16(15)14-8-9-14/h2,4-7,14,17H,1,3,8-13H2. The van der Waals surface area contributed by atoms with E-state index in [2.05, 4.69) is 36.2 Å². The third-order valence-electron chi connectivity index (χ3n) is 3.28. The lowest BCUT2D eigenvalue weighted by Crippen LogP contribution is -2.20. The normalized spacial score (nSPS) is 14.7. The molecule has 2 rings (SSSR count). The Bertz CT molecular complexity index is 371. The van der Waals surface area contributed by atoms with Crippen molar-refractivity contribution in [3.05, 3.63) is 48.0 Å². The lowest BCUT2D eigenvalue weighted by atomic mass is 10.0. The number of hydrogen-bond acceptors (Lipinski definition) is 2. The highest BCUT2D eigenvalue weighted by Crippen LogP contribution is 2.41. The Hall–Kier alpha value is -1.12. The van der Waals surface area contributed by atoms with Gasteiger partial charge in [-0.2, -0.15) is 0 Å². The van der Waals surface area contributed by atoms with Gasteiger partial charge in [-0.15, -0.1) is 6.58 Å². The molecule has 0 bridgehead atoms. The van der Waals surface area contributed by atoms with Gasteiger partial charge in [0.05, 0.1) is 13.2 Å². The van der Waals surface area contributed by atoms with Gasteiger partial charge < -0.3 is 10.1 Å². The largest absolute Gasteiger partial charge is 0.380 e. The summed E-state index contributed by atoms with van der Waals surface area (Å²) in [4.78, 5) is 0. The Kier molecular flexibility index (Phi) is 5.43. The number of hydrogen-bond donors (Lipinski definition) is 1. The summed E-state index contributed by atoms with van der Waals surface area (Å²) in [6, 6.07) is 8.79. The van der Waals surface area contributed by atoms with Crippen LogP contribution in [0.4, 0.5) is 0 Å². The molecule has 0 amide bonds. The summed E-state index contributed by atoms with van der Waals surface area (Å²) in [6.07, 6.45) is 5.55. The van der Waals surface area contributed by atoms with Gasteiger partial charge in [-0.3, -0.25) is 0 Å². The molecule has 1 aliphatic rings. The molecule has 1 aliphatic carbocycles. The fourth-order valence-electron chi connectivity index (χ4n) is 2.12. The second-order valence-corrected chi connectivity index (χ2v) is 4.84. The summed E-state index contributed by atoms with van der Waals surface area (Å²) in [5.41, 5.74) is 2.99. The van der Waals surface area contributed by atoms with E-state index in [4.69, 9.17) is 4.74 Å². The van der Waals surface area contributed by atoms with Crippen LogP contribution in [0.1, 0.15) is 36.3 Å². The van der Waals surface area contributed by atoms with Crippen molar-refractivity contribution in [1.29, 1.82) is 0 Å². The fourth-order valence-corrected chi connectivity index (χ4v) is 2.12. The summed E-state index contributed by atoms with van der Waals surface area (Å²) in [5.74, 6) is 0.826. The molecule has 0 radical (unpaired) electrons.